The van der Waals surface area contributed by atoms with Gasteiger partial charge >= 0.3 is 0 Å². The monoisotopic (exact) mass is 304 g/mol. The first-order chi connectivity index (χ1) is 9.70. The van der Waals surface area contributed by atoms with Crippen molar-refractivity contribution in [3.05, 3.63) is 45.7 Å². The van der Waals surface area contributed by atoms with Gasteiger partial charge in [0.1, 0.15) is 11.5 Å². The SMILES string of the molecule is Cc1ccc(-c2csc(NC(=O)Cc3ccsc3)n2)o1. The van der Waals surface area contributed by atoms with Crippen LogP contribution in [-0.4, -0.2) is 10.9 Å². The summed E-state index contributed by atoms with van der Waals surface area (Å²) >= 11 is 2.98. The summed E-state index contributed by atoms with van der Waals surface area (Å²) in [6.07, 6.45) is 0.373. The van der Waals surface area contributed by atoms with E-state index in [9.17, 15) is 4.79 Å². The van der Waals surface area contributed by atoms with Crippen LogP contribution in [0.25, 0.3) is 11.5 Å². The number of thiophene rings is 1. The number of hydrogen-bond donors (Lipinski definition) is 1. The number of nitrogens with zero attached hydrogens (tertiary/aromatic N) is 1. The van der Waals surface area contributed by atoms with Gasteiger partial charge in [0.15, 0.2) is 10.9 Å². The summed E-state index contributed by atoms with van der Waals surface area (Å²) in [7, 11) is 0. The predicted octanol–water partition coefficient (Wildman–Crippen LogP) is 3.95. The molecule has 4 nitrogen and oxygen atoms in total. The van der Waals surface area contributed by atoms with Gasteiger partial charge in [-0.05, 0) is 41.4 Å². The highest BCUT2D eigenvalue weighted by molar-refractivity contribution is 7.14. The number of aryl methyl sites for hydroxylation is 1. The van der Waals surface area contributed by atoms with Gasteiger partial charge in [-0.3, -0.25) is 4.79 Å². The lowest BCUT2D eigenvalue weighted by Gasteiger charge is -1.99. The Morgan fingerprint density at radius 1 is 1.35 bits per heavy atom. The molecule has 0 saturated heterocycles. The van der Waals surface area contributed by atoms with Crippen LogP contribution < -0.4 is 5.32 Å². The molecule has 0 aromatic carbocycles. The van der Waals surface area contributed by atoms with E-state index in [1.165, 1.54) is 11.3 Å². The minimum atomic E-state index is -0.0556. The second kappa shape index (κ2) is 5.60. The molecule has 3 aromatic heterocycles. The van der Waals surface area contributed by atoms with Gasteiger partial charge in [0.2, 0.25) is 5.91 Å². The van der Waals surface area contributed by atoms with E-state index in [4.69, 9.17) is 4.42 Å². The van der Waals surface area contributed by atoms with Gasteiger partial charge in [-0.1, -0.05) is 0 Å². The first kappa shape index (κ1) is 13.1. The molecule has 3 rings (SSSR count). The summed E-state index contributed by atoms with van der Waals surface area (Å²) in [4.78, 5) is 16.2. The van der Waals surface area contributed by atoms with E-state index in [0.717, 1.165) is 22.8 Å². The van der Waals surface area contributed by atoms with E-state index in [-0.39, 0.29) is 5.91 Å². The number of amides is 1. The van der Waals surface area contributed by atoms with Gasteiger partial charge in [-0.25, -0.2) is 4.98 Å². The van der Waals surface area contributed by atoms with Crippen molar-refractivity contribution < 1.29 is 9.21 Å². The molecule has 3 aromatic rings. The standard InChI is InChI=1S/C14H12N2O2S2/c1-9-2-3-12(18-9)11-8-20-14(15-11)16-13(17)6-10-4-5-19-7-10/h2-5,7-8H,6H2,1H3,(H,15,16,17). The van der Waals surface area contributed by atoms with E-state index in [1.54, 1.807) is 11.3 Å². The Morgan fingerprint density at radius 2 is 2.25 bits per heavy atom. The molecule has 1 N–H and O–H groups in total. The van der Waals surface area contributed by atoms with Gasteiger partial charge in [0, 0.05) is 5.38 Å². The van der Waals surface area contributed by atoms with Crippen LogP contribution in [-0.2, 0) is 11.2 Å². The molecule has 0 spiro atoms. The number of aromatic nitrogens is 1. The van der Waals surface area contributed by atoms with Crippen LogP contribution in [0.1, 0.15) is 11.3 Å². The fraction of sp³-hybridized carbons (Fsp3) is 0.143. The normalized spacial score (nSPS) is 10.7. The molecule has 0 saturated carbocycles. The van der Waals surface area contributed by atoms with Crippen molar-refractivity contribution in [2.75, 3.05) is 5.32 Å². The topological polar surface area (TPSA) is 55.1 Å². The maximum Gasteiger partial charge on any atom is 0.230 e. The number of furan rings is 1. The largest absolute Gasteiger partial charge is 0.460 e. The lowest BCUT2D eigenvalue weighted by atomic mass is 10.2. The molecule has 0 atom stereocenters. The van der Waals surface area contributed by atoms with Crippen LogP contribution in [0.3, 0.4) is 0 Å². The Kier molecular flexibility index (Phi) is 3.66. The molecule has 0 radical (unpaired) electrons. The number of carbonyl (C=O) groups excluding carboxylic acids is 1. The summed E-state index contributed by atoms with van der Waals surface area (Å²) in [5.74, 6) is 1.51. The average Bonchev–Trinajstić information content (AvgIpc) is 3.10. The molecule has 0 aliphatic carbocycles. The highest BCUT2D eigenvalue weighted by Crippen LogP contribution is 2.26. The van der Waals surface area contributed by atoms with E-state index < -0.39 is 0 Å². The Balaban J connectivity index is 1.66. The van der Waals surface area contributed by atoms with Crippen molar-refractivity contribution in [3.8, 4) is 11.5 Å². The van der Waals surface area contributed by atoms with E-state index in [0.29, 0.717) is 11.6 Å². The summed E-state index contributed by atoms with van der Waals surface area (Å²) in [6.45, 7) is 1.89. The van der Waals surface area contributed by atoms with Crippen LogP contribution in [0.15, 0.2) is 38.8 Å². The Hall–Kier alpha value is -1.92. The molecule has 0 fully saturated rings. The van der Waals surface area contributed by atoms with Crippen molar-refractivity contribution in [2.45, 2.75) is 13.3 Å². The van der Waals surface area contributed by atoms with Gasteiger partial charge in [-0.2, -0.15) is 11.3 Å². The number of nitrogens with one attached hydrogen (secondary N) is 1. The lowest BCUT2D eigenvalue weighted by molar-refractivity contribution is -0.115. The van der Waals surface area contributed by atoms with Crippen LogP contribution in [0.5, 0.6) is 0 Å². The van der Waals surface area contributed by atoms with Crippen molar-refractivity contribution in [3.63, 3.8) is 0 Å². The highest BCUT2D eigenvalue weighted by Gasteiger charge is 2.10. The van der Waals surface area contributed by atoms with Crippen LogP contribution >= 0.6 is 22.7 Å². The number of thiazole rings is 1. The molecule has 0 unspecified atom stereocenters. The molecular formula is C14H12N2O2S2. The first-order valence-electron chi connectivity index (χ1n) is 6.04. The van der Waals surface area contributed by atoms with Crippen molar-refractivity contribution in [1.82, 2.24) is 4.98 Å². The Morgan fingerprint density at radius 3 is 2.95 bits per heavy atom. The molecule has 20 heavy (non-hydrogen) atoms. The molecule has 1 amide bonds. The number of anilines is 1. The Bertz CT molecular complexity index is 713. The van der Waals surface area contributed by atoms with E-state index in [1.807, 2.05) is 41.3 Å². The zero-order chi connectivity index (χ0) is 13.9. The van der Waals surface area contributed by atoms with E-state index in [2.05, 4.69) is 10.3 Å². The maximum absolute atomic E-state index is 11.9. The zero-order valence-electron chi connectivity index (χ0n) is 10.8. The summed E-state index contributed by atoms with van der Waals surface area (Å²) in [6, 6.07) is 5.72. The molecule has 0 aliphatic rings. The minimum Gasteiger partial charge on any atom is -0.460 e. The smallest absolute Gasteiger partial charge is 0.230 e. The second-order valence-electron chi connectivity index (χ2n) is 4.30. The van der Waals surface area contributed by atoms with Crippen molar-refractivity contribution in [1.29, 1.82) is 0 Å². The van der Waals surface area contributed by atoms with Crippen molar-refractivity contribution in [2.24, 2.45) is 0 Å². The average molecular weight is 304 g/mol. The summed E-state index contributed by atoms with van der Waals surface area (Å²) in [5, 5.41) is 9.21. The zero-order valence-corrected chi connectivity index (χ0v) is 12.4. The van der Waals surface area contributed by atoms with E-state index >= 15 is 0 Å². The molecule has 3 heterocycles. The highest BCUT2D eigenvalue weighted by atomic mass is 32.1. The number of hydrogen-bond acceptors (Lipinski definition) is 5. The van der Waals surface area contributed by atoms with Crippen LogP contribution in [0.2, 0.25) is 0 Å². The third kappa shape index (κ3) is 2.97. The van der Waals surface area contributed by atoms with Crippen LogP contribution in [0, 0.1) is 6.92 Å². The maximum atomic E-state index is 11.9. The lowest BCUT2D eigenvalue weighted by Crippen LogP contribution is -2.13. The van der Waals surface area contributed by atoms with Crippen LogP contribution in [0.4, 0.5) is 5.13 Å². The second-order valence-corrected chi connectivity index (χ2v) is 5.94. The molecule has 6 heteroatoms. The first-order valence-corrected chi connectivity index (χ1v) is 7.86. The number of rotatable bonds is 4. The molecule has 0 aliphatic heterocycles. The summed E-state index contributed by atoms with van der Waals surface area (Å²) in [5.41, 5.74) is 1.76. The predicted molar refractivity (Wildman–Crippen MR) is 81.2 cm³/mol. The summed E-state index contributed by atoms with van der Waals surface area (Å²) < 4.78 is 5.51. The Labute approximate surface area is 124 Å². The molecular weight excluding hydrogens is 292 g/mol. The molecule has 102 valence electrons. The van der Waals surface area contributed by atoms with Gasteiger partial charge in [-0.15, -0.1) is 11.3 Å². The third-order valence-electron chi connectivity index (χ3n) is 2.69. The third-order valence-corrected chi connectivity index (χ3v) is 4.18. The van der Waals surface area contributed by atoms with Gasteiger partial charge in [0.25, 0.3) is 0 Å². The fourth-order valence-electron chi connectivity index (χ4n) is 1.76. The molecule has 0 bridgehead atoms. The van der Waals surface area contributed by atoms with Crippen molar-refractivity contribution >= 4 is 33.7 Å². The fourth-order valence-corrected chi connectivity index (χ4v) is 3.14. The van der Waals surface area contributed by atoms with Gasteiger partial charge in [0.05, 0.1) is 6.42 Å². The quantitative estimate of drug-likeness (QED) is 0.794. The number of carbonyl (C=O) groups is 1. The van der Waals surface area contributed by atoms with Gasteiger partial charge < -0.3 is 9.73 Å². The minimum absolute atomic E-state index is 0.0556.